The predicted molar refractivity (Wildman–Crippen MR) is 372 cm³/mol. The molecule has 1 aliphatic rings. The van der Waals surface area contributed by atoms with Crippen molar-refractivity contribution in [1.29, 1.82) is 0 Å². The summed E-state index contributed by atoms with van der Waals surface area (Å²) in [4.78, 5) is 0. The number of hydrogen-bond acceptors (Lipinski definition) is 0. The van der Waals surface area contributed by atoms with E-state index in [4.69, 9.17) is 0 Å². The van der Waals surface area contributed by atoms with E-state index in [-0.39, 0.29) is 16.5 Å². The Morgan fingerprint density at radius 1 is 0.277 bits per heavy atom. The summed E-state index contributed by atoms with van der Waals surface area (Å²) < 4.78 is 1.43. The first-order valence-electron chi connectivity index (χ1n) is 37.2. The van der Waals surface area contributed by atoms with Gasteiger partial charge in [-0.25, -0.2) is 4.70 Å². The van der Waals surface area contributed by atoms with Crippen LogP contribution in [0.25, 0.3) is 16.9 Å². The van der Waals surface area contributed by atoms with E-state index in [9.17, 15) is 5.53 Å². The van der Waals surface area contributed by atoms with Gasteiger partial charge in [0.2, 0.25) is 11.4 Å². The largest absolute Gasteiger partial charge is 2.00 e. The van der Waals surface area contributed by atoms with Gasteiger partial charge in [0.1, 0.15) is 0 Å². The van der Waals surface area contributed by atoms with E-state index in [0.717, 1.165) is 67.5 Å². The fourth-order valence-electron chi connectivity index (χ4n) is 12.0. The third-order valence-electron chi connectivity index (χ3n) is 17.7. The summed E-state index contributed by atoms with van der Waals surface area (Å²) in [6.07, 6.45) is 81.7. The van der Waals surface area contributed by atoms with Crippen LogP contribution in [-0.4, -0.2) is 4.70 Å². The van der Waals surface area contributed by atoms with Crippen molar-refractivity contribution in [3.8, 4) is 0 Å². The van der Waals surface area contributed by atoms with Crippen LogP contribution in [0, 0.1) is 13.8 Å². The van der Waals surface area contributed by atoms with Gasteiger partial charge in [0, 0.05) is 22.8 Å². The third-order valence-corrected chi connectivity index (χ3v) is 17.7. The first-order valence-corrected chi connectivity index (χ1v) is 37.2. The quantitative estimate of drug-likeness (QED) is 0.0273. The minimum atomic E-state index is 0. The molecular formula is C80H142N2Ni. The van der Waals surface area contributed by atoms with E-state index in [1.807, 2.05) is 0 Å². The molecule has 0 saturated carbocycles. The van der Waals surface area contributed by atoms with E-state index in [2.05, 4.69) is 103 Å². The Balaban J connectivity index is 0.00000124. The number of nitrogens with zero attached hydrogens (tertiary/aromatic N) is 2. The summed E-state index contributed by atoms with van der Waals surface area (Å²) in [6, 6.07) is 17.6. The van der Waals surface area contributed by atoms with Crippen molar-refractivity contribution in [3.63, 3.8) is 0 Å². The molecule has 0 atom stereocenters. The second-order valence-corrected chi connectivity index (χ2v) is 25.7. The second-order valence-electron chi connectivity index (χ2n) is 25.7. The van der Waals surface area contributed by atoms with Crippen LogP contribution >= 0.6 is 0 Å². The second kappa shape index (κ2) is 64.5. The number of rotatable bonds is 57. The maximum atomic E-state index is 11.3. The molecule has 0 unspecified atom stereocenters. The van der Waals surface area contributed by atoms with Crippen LogP contribution in [0.3, 0.4) is 0 Å². The number of hydrogen-bond donors (Lipinski definition) is 0. The van der Waals surface area contributed by atoms with Gasteiger partial charge in [0.25, 0.3) is 0 Å². The zero-order chi connectivity index (χ0) is 59.3. The molecule has 1 heterocycles. The Bertz CT molecular complexity index is 1600. The van der Waals surface area contributed by atoms with Crippen LogP contribution in [-0.2, 0) is 29.3 Å². The molecule has 2 nitrogen and oxygen atoms in total. The molecule has 0 aliphatic carbocycles. The van der Waals surface area contributed by atoms with Crippen LogP contribution in [0.5, 0.6) is 0 Å². The van der Waals surface area contributed by atoms with Crippen molar-refractivity contribution >= 4 is 11.4 Å². The minimum Gasteiger partial charge on any atom is -0.493 e. The average molecular weight is 1190 g/mol. The molecule has 0 aromatic heterocycles. The fourth-order valence-corrected chi connectivity index (χ4v) is 12.0. The Morgan fingerprint density at radius 2 is 0.506 bits per heavy atom. The first-order chi connectivity index (χ1) is 40.5. The molecule has 0 N–H and O–H groups in total. The summed E-state index contributed by atoms with van der Waals surface area (Å²) in [5.74, 6) is 0. The van der Waals surface area contributed by atoms with Crippen molar-refractivity contribution in [2.75, 3.05) is 0 Å². The van der Waals surface area contributed by atoms with Gasteiger partial charge in [-0.1, -0.05) is 374 Å². The molecule has 3 rings (SSSR count). The van der Waals surface area contributed by atoms with Crippen molar-refractivity contribution in [2.24, 2.45) is 0 Å². The van der Waals surface area contributed by atoms with Crippen LogP contribution in [0.4, 0.5) is 0 Å². The monoisotopic (exact) mass is 1190 g/mol. The average Bonchev–Trinajstić information content (AvgIpc) is 4.10. The Labute approximate surface area is 531 Å². The van der Waals surface area contributed by atoms with Gasteiger partial charge in [-0.2, -0.15) is 12.8 Å². The summed E-state index contributed by atoms with van der Waals surface area (Å²) >= 11 is 0. The van der Waals surface area contributed by atoms with Crippen molar-refractivity contribution in [3.05, 3.63) is 102 Å². The van der Waals surface area contributed by atoms with E-state index < -0.39 is 0 Å². The van der Waals surface area contributed by atoms with Crippen LogP contribution in [0.15, 0.2) is 60.2 Å². The molecule has 0 amide bonds. The number of aryl methyl sites for hydroxylation is 2. The zero-order valence-electron chi connectivity index (χ0n) is 56.6. The molecule has 1 aliphatic heterocycles. The van der Waals surface area contributed by atoms with E-state index in [0.29, 0.717) is 0 Å². The molecule has 0 bridgehead atoms. The van der Waals surface area contributed by atoms with Gasteiger partial charge < -0.3 is 19.4 Å². The molecule has 2 aromatic carbocycles. The van der Waals surface area contributed by atoms with Crippen molar-refractivity contribution in [2.45, 2.75) is 401 Å². The SMILES string of the molecule is CCCCCCCCc1ccc(C2=CC(CCCC)=C(c3ccc(CCCC)cc3)[N+]2=[N-])cc1.[CH2-]CCCCCCCCCCCCCCCCCCCCCCC.[CH2-]CCCCCCCCCCCCCCCCCCCCCCC.[Ni+2]. The fraction of sp³-hybridized carbons (Fsp3) is 0.775. The summed E-state index contributed by atoms with van der Waals surface area (Å²) in [5, 5.41) is 0. The Kier molecular flexibility index (Phi) is 62.9. The van der Waals surface area contributed by atoms with Crippen LogP contribution < -0.4 is 0 Å². The van der Waals surface area contributed by atoms with Gasteiger partial charge in [-0.05, 0) is 73.9 Å². The topological polar surface area (TPSA) is 25.3 Å². The maximum absolute atomic E-state index is 11.3. The van der Waals surface area contributed by atoms with Gasteiger partial charge >= 0.3 is 16.5 Å². The molecule has 3 heteroatoms. The van der Waals surface area contributed by atoms with Gasteiger partial charge in [-0.3, -0.25) is 0 Å². The molecule has 0 spiro atoms. The number of benzene rings is 2. The van der Waals surface area contributed by atoms with Gasteiger partial charge in [-0.15, -0.1) is 0 Å². The summed E-state index contributed by atoms with van der Waals surface area (Å²) in [7, 11) is 0. The Morgan fingerprint density at radius 3 is 0.783 bits per heavy atom. The van der Waals surface area contributed by atoms with Crippen molar-refractivity contribution < 1.29 is 21.2 Å². The minimum absolute atomic E-state index is 0. The molecule has 482 valence electrons. The Hall–Kier alpha value is -1.99. The number of unbranched alkanes of at least 4 members (excludes halogenated alkanes) is 49. The van der Waals surface area contributed by atoms with Gasteiger partial charge in [0.05, 0.1) is 0 Å². The van der Waals surface area contributed by atoms with Crippen LogP contribution in [0.2, 0.25) is 0 Å². The standard InChI is InChI=1S/C32H44N2.2C24H49.Ni/c1-4-7-10-11-12-13-15-27-17-21-28(22-18-27)31-25-30(16-9-6-3)32(34(31)33)29-23-19-26(20-24-29)14-8-5-2;2*1-3-5-7-9-11-13-15-17-19-21-23-24-22-20-18-16-14-12-10-8-6-4-2;/h17-25H,4-16H2,1-3H3;2*1,3-24H2,2H3;/q;2*-1;+2. The zero-order valence-corrected chi connectivity index (χ0v) is 57.6. The van der Waals surface area contributed by atoms with Crippen molar-refractivity contribution in [1.82, 2.24) is 0 Å². The van der Waals surface area contributed by atoms with E-state index >= 15 is 0 Å². The molecule has 0 radical (unpaired) electrons. The summed E-state index contributed by atoms with van der Waals surface area (Å²) in [6.45, 7) is 19.1. The predicted octanol–water partition coefficient (Wildman–Crippen LogP) is 28.8. The number of allylic oxidation sites excluding steroid dienone is 2. The van der Waals surface area contributed by atoms with Gasteiger partial charge in [0.15, 0.2) is 0 Å². The molecule has 2 aromatic rings. The van der Waals surface area contributed by atoms with E-state index in [1.165, 1.54) is 342 Å². The summed E-state index contributed by atoms with van der Waals surface area (Å²) in [5.41, 5.74) is 19.3. The van der Waals surface area contributed by atoms with E-state index in [1.54, 1.807) is 0 Å². The molecule has 83 heavy (non-hydrogen) atoms. The molecule has 0 fully saturated rings. The maximum Gasteiger partial charge on any atom is 2.00 e. The molecular weight excluding hydrogens is 1050 g/mol. The first kappa shape index (κ1) is 81.0. The smallest absolute Gasteiger partial charge is 0.493 e. The normalized spacial score (nSPS) is 12.1. The van der Waals surface area contributed by atoms with Crippen LogP contribution in [0.1, 0.15) is 410 Å². The molecule has 0 saturated heterocycles. The third kappa shape index (κ3) is 48.7.